The van der Waals surface area contributed by atoms with Crippen LogP contribution in [-0.4, -0.2) is 52.0 Å². The third-order valence-corrected chi connectivity index (χ3v) is 6.08. The molecule has 22 heavy (non-hydrogen) atoms. The minimum Gasteiger partial charge on any atom is -0.465 e. The Kier molecular flexibility index (Phi) is 5.11. The van der Waals surface area contributed by atoms with Crippen LogP contribution >= 0.6 is 12.4 Å². The van der Waals surface area contributed by atoms with Crippen LogP contribution < -0.4 is 5.32 Å². The molecule has 0 bridgehead atoms. The summed E-state index contributed by atoms with van der Waals surface area (Å²) in [6, 6.07) is 6.02. The molecule has 0 aromatic heterocycles. The standard InChI is InChI=1S/C14H18N2O4S.ClH/c1-20-14(17)10-3-2-4-13(5-10)21(18,19)16-8-11-6-15-7-12(11)9-16;/h2-5,11-12,15H,6-9H2,1H3;1H/t11-,12+;. The monoisotopic (exact) mass is 346 g/mol. The number of methoxy groups -OCH3 is 1. The number of benzene rings is 1. The van der Waals surface area contributed by atoms with Crippen LogP contribution in [0.4, 0.5) is 0 Å². The highest BCUT2D eigenvalue weighted by atomic mass is 35.5. The lowest BCUT2D eigenvalue weighted by atomic mass is 10.0. The van der Waals surface area contributed by atoms with E-state index in [0.29, 0.717) is 24.9 Å². The van der Waals surface area contributed by atoms with E-state index in [2.05, 4.69) is 10.1 Å². The Balaban J connectivity index is 0.00000176. The summed E-state index contributed by atoms with van der Waals surface area (Å²) in [5.41, 5.74) is 0.250. The van der Waals surface area contributed by atoms with Crippen molar-refractivity contribution in [2.24, 2.45) is 11.8 Å². The van der Waals surface area contributed by atoms with Gasteiger partial charge in [0.25, 0.3) is 0 Å². The number of nitrogens with zero attached hydrogens (tertiary/aromatic N) is 1. The Hall–Kier alpha value is -1.15. The van der Waals surface area contributed by atoms with Crippen LogP contribution in [-0.2, 0) is 14.8 Å². The molecule has 2 aliphatic rings. The number of esters is 1. The zero-order valence-corrected chi connectivity index (χ0v) is 13.8. The Labute approximate surface area is 136 Å². The number of hydrogen-bond acceptors (Lipinski definition) is 5. The fourth-order valence-corrected chi connectivity index (χ4v) is 4.66. The summed E-state index contributed by atoms with van der Waals surface area (Å²) >= 11 is 0. The predicted molar refractivity (Wildman–Crippen MR) is 83.6 cm³/mol. The molecular formula is C14H19ClN2O4S. The predicted octanol–water partition coefficient (Wildman–Crippen LogP) is 0.735. The van der Waals surface area contributed by atoms with Crippen molar-refractivity contribution >= 4 is 28.4 Å². The summed E-state index contributed by atoms with van der Waals surface area (Å²) in [6.45, 7) is 2.84. The highest BCUT2D eigenvalue weighted by Gasteiger charge is 2.41. The minimum atomic E-state index is -3.55. The van der Waals surface area contributed by atoms with Gasteiger partial charge < -0.3 is 10.1 Å². The van der Waals surface area contributed by atoms with Crippen LogP contribution in [0.25, 0.3) is 0 Å². The number of fused-ring (bicyclic) bond motifs is 1. The molecule has 0 saturated carbocycles. The summed E-state index contributed by atoms with van der Waals surface area (Å²) in [6.07, 6.45) is 0. The van der Waals surface area contributed by atoms with Gasteiger partial charge in [-0.05, 0) is 43.1 Å². The highest BCUT2D eigenvalue weighted by molar-refractivity contribution is 7.89. The molecule has 1 aromatic rings. The lowest BCUT2D eigenvalue weighted by Crippen LogP contribution is -2.32. The zero-order valence-electron chi connectivity index (χ0n) is 12.2. The lowest BCUT2D eigenvalue weighted by molar-refractivity contribution is 0.0600. The molecule has 0 aliphatic carbocycles. The van der Waals surface area contributed by atoms with Gasteiger partial charge in [-0.3, -0.25) is 0 Å². The van der Waals surface area contributed by atoms with Gasteiger partial charge in [0.1, 0.15) is 0 Å². The van der Waals surface area contributed by atoms with Crippen LogP contribution in [0.5, 0.6) is 0 Å². The smallest absolute Gasteiger partial charge is 0.337 e. The van der Waals surface area contributed by atoms with E-state index in [0.717, 1.165) is 13.1 Å². The molecule has 2 aliphatic heterocycles. The van der Waals surface area contributed by atoms with E-state index < -0.39 is 16.0 Å². The van der Waals surface area contributed by atoms with Crippen molar-refractivity contribution in [1.82, 2.24) is 9.62 Å². The fourth-order valence-electron chi connectivity index (χ4n) is 3.06. The van der Waals surface area contributed by atoms with E-state index in [1.54, 1.807) is 12.1 Å². The van der Waals surface area contributed by atoms with Gasteiger partial charge >= 0.3 is 5.97 Å². The van der Waals surface area contributed by atoms with Crippen molar-refractivity contribution in [3.8, 4) is 0 Å². The third-order valence-electron chi connectivity index (χ3n) is 4.25. The number of halogens is 1. The maximum Gasteiger partial charge on any atom is 0.337 e. The van der Waals surface area contributed by atoms with E-state index in [4.69, 9.17) is 0 Å². The Bertz CT molecular complexity index is 653. The first kappa shape index (κ1) is 17.2. The number of ether oxygens (including phenoxy) is 1. The average molecular weight is 347 g/mol. The molecule has 0 spiro atoms. The van der Waals surface area contributed by atoms with Crippen molar-refractivity contribution in [2.75, 3.05) is 33.3 Å². The van der Waals surface area contributed by atoms with Crippen molar-refractivity contribution in [2.45, 2.75) is 4.90 Å². The quantitative estimate of drug-likeness (QED) is 0.817. The first-order valence-electron chi connectivity index (χ1n) is 6.91. The molecule has 0 amide bonds. The summed E-state index contributed by atoms with van der Waals surface area (Å²) in [5, 5.41) is 3.29. The van der Waals surface area contributed by atoms with Crippen molar-refractivity contribution in [1.29, 1.82) is 0 Å². The van der Waals surface area contributed by atoms with Gasteiger partial charge in [-0.25, -0.2) is 13.2 Å². The van der Waals surface area contributed by atoms with Crippen LogP contribution in [0.1, 0.15) is 10.4 Å². The van der Waals surface area contributed by atoms with E-state index in [9.17, 15) is 13.2 Å². The normalized spacial score (nSPS) is 24.6. The van der Waals surface area contributed by atoms with Gasteiger partial charge in [-0.2, -0.15) is 4.31 Å². The number of hydrogen-bond donors (Lipinski definition) is 1. The molecule has 6 nitrogen and oxygen atoms in total. The van der Waals surface area contributed by atoms with Crippen LogP contribution in [0, 0.1) is 11.8 Å². The minimum absolute atomic E-state index is 0. The summed E-state index contributed by atoms with van der Waals surface area (Å²) < 4.78 is 31.5. The number of carbonyl (C=O) groups excluding carboxylic acids is 1. The highest BCUT2D eigenvalue weighted by Crippen LogP contribution is 2.30. The molecule has 1 N–H and O–H groups in total. The largest absolute Gasteiger partial charge is 0.465 e. The first-order valence-corrected chi connectivity index (χ1v) is 8.35. The van der Waals surface area contributed by atoms with E-state index in [1.807, 2.05) is 0 Å². The Morgan fingerprint density at radius 1 is 1.27 bits per heavy atom. The number of carbonyl (C=O) groups is 1. The molecule has 0 unspecified atom stereocenters. The zero-order chi connectivity index (χ0) is 15.0. The van der Waals surface area contributed by atoms with Crippen molar-refractivity contribution in [3.63, 3.8) is 0 Å². The van der Waals surface area contributed by atoms with Crippen LogP contribution in [0.2, 0.25) is 0 Å². The van der Waals surface area contributed by atoms with Gasteiger partial charge in [0.2, 0.25) is 10.0 Å². The molecule has 2 fully saturated rings. The maximum absolute atomic E-state index is 12.7. The maximum atomic E-state index is 12.7. The number of nitrogens with one attached hydrogen (secondary N) is 1. The summed E-state index contributed by atoms with van der Waals surface area (Å²) in [5.74, 6) is 0.252. The average Bonchev–Trinajstić information content (AvgIpc) is 3.08. The van der Waals surface area contributed by atoms with Gasteiger partial charge in [0, 0.05) is 13.1 Å². The Morgan fingerprint density at radius 2 is 1.91 bits per heavy atom. The molecule has 2 heterocycles. The Morgan fingerprint density at radius 3 is 2.50 bits per heavy atom. The van der Waals surface area contributed by atoms with Gasteiger partial charge in [0.05, 0.1) is 17.6 Å². The van der Waals surface area contributed by atoms with Crippen LogP contribution in [0.3, 0.4) is 0 Å². The molecule has 3 rings (SSSR count). The second-order valence-electron chi connectivity index (χ2n) is 5.52. The van der Waals surface area contributed by atoms with E-state index in [-0.39, 0.29) is 22.9 Å². The topological polar surface area (TPSA) is 75.7 Å². The van der Waals surface area contributed by atoms with E-state index in [1.165, 1.54) is 23.5 Å². The molecular weight excluding hydrogens is 328 g/mol. The summed E-state index contributed by atoms with van der Waals surface area (Å²) in [7, 11) is -2.27. The molecule has 0 radical (unpaired) electrons. The van der Waals surface area contributed by atoms with Gasteiger partial charge in [-0.15, -0.1) is 12.4 Å². The van der Waals surface area contributed by atoms with Crippen LogP contribution in [0.15, 0.2) is 29.2 Å². The molecule has 8 heteroatoms. The molecule has 122 valence electrons. The number of sulfonamides is 1. The van der Waals surface area contributed by atoms with E-state index >= 15 is 0 Å². The van der Waals surface area contributed by atoms with Gasteiger partial charge in [-0.1, -0.05) is 6.07 Å². The van der Waals surface area contributed by atoms with Crippen molar-refractivity contribution < 1.29 is 17.9 Å². The lowest BCUT2D eigenvalue weighted by Gasteiger charge is -2.17. The fraction of sp³-hybridized carbons (Fsp3) is 0.500. The third kappa shape index (κ3) is 2.99. The molecule has 2 atom stereocenters. The van der Waals surface area contributed by atoms with Crippen molar-refractivity contribution in [3.05, 3.63) is 29.8 Å². The SMILES string of the molecule is COC(=O)c1cccc(S(=O)(=O)N2C[C@H]3CNC[C@H]3C2)c1.Cl. The van der Waals surface area contributed by atoms with Gasteiger partial charge in [0.15, 0.2) is 0 Å². The second-order valence-corrected chi connectivity index (χ2v) is 7.46. The first-order chi connectivity index (χ1) is 10.0. The second kappa shape index (κ2) is 6.54. The molecule has 2 saturated heterocycles. The molecule has 1 aromatic carbocycles. The summed E-state index contributed by atoms with van der Waals surface area (Å²) in [4.78, 5) is 11.7. The number of rotatable bonds is 3.